The quantitative estimate of drug-likeness (QED) is 0.345. The summed E-state index contributed by atoms with van der Waals surface area (Å²) in [7, 11) is 1.53. The molecule has 1 aliphatic heterocycles. The Kier molecular flexibility index (Phi) is 5.87. The van der Waals surface area contributed by atoms with Crippen molar-refractivity contribution >= 4 is 17.8 Å². The minimum atomic E-state index is -0.645. The number of anilines is 3. The summed E-state index contributed by atoms with van der Waals surface area (Å²) in [5.41, 5.74) is 2.41. The molecule has 0 saturated carbocycles. The molecular formula is C11H21N7O3. The Balaban J connectivity index is 2.05. The number of aliphatic hydroxyl groups excluding tert-OH is 1. The first kappa shape index (κ1) is 15.6. The van der Waals surface area contributed by atoms with Crippen LogP contribution in [0.2, 0.25) is 0 Å². The minimum Gasteiger partial charge on any atom is -0.389 e. The van der Waals surface area contributed by atoms with Crippen LogP contribution in [0.5, 0.6) is 0 Å². The van der Waals surface area contributed by atoms with E-state index in [0.717, 1.165) is 0 Å². The molecule has 0 aliphatic carbocycles. The van der Waals surface area contributed by atoms with Gasteiger partial charge in [0.05, 0.1) is 25.9 Å². The van der Waals surface area contributed by atoms with Crippen LogP contribution in [-0.4, -0.2) is 72.7 Å². The number of methoxy groups -OCH3 is 1. The van der Waals surface area contributed by atoms with Crippen LogP contribution in [0.4, 0.5) is 17.8 Å². The highest BCUT2D eigenvalue weighted by Gasteiger charge is 2.16. The Morgan fingerprint density at radius 1 is 1.33 bits per heavy atom. The van der Waals surface area contributed by atoms with E-state index in [1.807, 2.05) is 4.90 Å². The molecule has 0 amide bonds. The summed E-state index contributed by atoms with van der Waals surface area (Å²) in [6.07, 6.45) is -0.645. The summed E-state index contributed by atoms with van der Waals surface area (Å²) in [6.45, 7) is 3.18. The molecule has 5 N–H and O–H groups in total. The predicted molar refractivity (Wildman–Crippen MR) is 77.0 cm³/mol. The fourth-order valence-corrected chi connectivity index (χ4v) is 1.87. The van der Waals surface area contributed by atoms with E-state index in [0.29, 0.717) is 38.2 Å². The Morgan fingerprint density at radius 3 is 2.71 bits per heavy atom. The minimum absolute atomic E-state index is 0.233. The first-order chi connectivity index (χ1) is 10.2. The summed E-state index contributed by atoms with van der Waals surface area (Å²) >= 11 is 0. The molecule has 1 aromatic heterocycles. The van der Waals surface area contributed by atoms with Crippen LogP contribution in [0.3, 0.4) is 0 Å². The molecule has 0 radical (unpaired) electrons. The van der Waals surface area contributed by atoms with Crippen LogP contribution in [0, 0.1) is 0 Å². The van der Waals surface area contributed by atoms with E-state index < -0.39 is 6.10 Å². The number of aromatic nitrogens is 3. The van der Waals surface area contributed by atoms with Gasteiger partial charge in [0.2, 0.25) is 17.8 Å². The van der Waals surface area contributed by atoms with Gasteiger partial charge in [0.15, 0.2) is 0 Å². The molecular weight excluding hydrogens is 278 g/mol. The van der Waals surface area contributed by atoms with Gasteiger partial charge in [-0.25, -0.2) is 5.84 Å². The third-order valence-corrected chi connectivity index (χ3v) is 2.90. The van der Waals surface area contributed by atoms with E-state index in [4.69, 9.17) is 15.3 Å². The molecule has 1 unspecified atom stereocenters. The Bertz CT molecular complexity index is 442. The number of hydrazine groups is 1. The second-order valence-electron chi connectivity index (χ2n) is 4.52. The lowest BCUT2D eigenvalue weighted by molar-refractivity contribution is 0.0726. The average molecular weight is 299 g/mol. The highest BCUT2D eigenvalue weighted by atomic mass is 16.5. The zero-order valence-electron chi connectivity index (χ0n) is 11.9. The van der Waals surface area contributed by atoms with Crippen molar-refractivity contribution in [3.05, 3.63) is 0 Å². The van der Waals surface area contributed by atoms with Crippen LogP contribution in [0.15, 0.2) is 0 Å². The Hall–Kier alpha value is -1.75. The smallest absolute Gasteiger partial charge is 0.243 e. The molecule has 1 aromatic rings. The van der Waals surface area contributed by atoms with Crippen molar-refractivity contribution in [3.8, 4) is 0 Å². The molecule has 0 spiro atoms. The highest BCUT2D eigenvalue weighted by Crippen LogP contribution is 2.14. The number of morpholine rings is 1. The van der Waals surface area contributed by atoms with E-state index in [-0.39, 0.29) is 19.1 Å². The van der Waals surface area contributed by atoms with Crippen LogP contribution < -0.4 is 21.5 Å². The standard InChI is InChI=1S/C11H21N7O3/c1-20-7-8(19)6-13-9-14-10(17-12)16-11(15-9)18-2-4-21-5-3-18/h8,19H,2-7,12H2,1H3,(H2,13,14,15,16,17). The second-order valence-corrected chi connectivity index (χ2v) is 4.52. The molecule has 1 fully saturated rings. The van der Waals surface area contributed by atoms with Crippen LogP contribution >= 0.6 is 0 Å². The monoisotopic (exact) mass is 299 g/mol. The van der Waals surface area contributed by atoms with Gasteiger partial charge in [-0.15, -0.1) is 0 Å². The summed E-state index contributed by atoms with van der Waals surface area (Å²) in [5.74, 6) is 6.50. The van der Waals surface area contributed by atoms with Gasteiger partial charge < -0.3 is 24.8 Å². The van der Waals surface area contributed by atoms with Gasteiger partial charge in [0.1, 0.15) is 0 Å². The fourth-order valence-electron chi connectivity index (χ4n) is 1.87. The van der Waals surface area contributed by atoms with Gasteiger partial charge in [-0.05, 0) is 0 Å². The normalized spacial score (nSPS) is 16.6. The van der Waals surface area contributed by atoms with E-state index in [2.05, 4.69) is 25.7 Å². The molecule has 1 atom stereocenters. The summed E-state index contributed by atoms with van der Waals surface area (Å²) in [4.78, 5) is 14.6. The van der Waals surface area contributed by atoms with Gasteiger partial charge in [-0.1, -0.05) is 0 Å². The summed E-state index contributed by atoms with van der Waals surface area (Å²) < 4.78 is 10.2. The predicted octanol–water partition coefficient (Wildman–Crippen LogP) is -1.59. The zero-order valence-corrected chi connectivity index (χ0v) is 11.9. The summed E-state index contributed by atoms with van der Waals surface area (Å²) in [6, 6.07) is 0. The molecule has 10 heteroatoms. The number of nitrogen functional groups attached to an aromatic ring is 1. The van der Waals surface area contributed by atoms with Gasteiger partial charge >= 0.3 is 0 Å². The van der Waals surface area contributed by atoms with Gasteiger partial charge in [0.25, 0.3) is 0 Å². The number of hydrogen-bond donors (Lipinski definition) is 4. The Morgan fingerprint density at radius 2 is 2.05 bits per heavy atom. The van der Waals surface area contributed by atoms with Crippen LogP contribution in [0.25, 0.3) is 0 Å². The molecule has 1 saturated heterocycles. The number of nitrogens with zero attached hydrogens (tertiary/aromatic N) is 4. The fraction of sp³-hybridized carbons (Fsp3) is 0.727. The van der Waals surface area contributed by atoms with E-state index in [9.17, 15) is 5.11 Å². The lowest BCUT2D eigenvalue weighted by Gasteiger charge is -2.27. The van der Waals surface area contributed by atoms with Crippen molar-refractivity contribution in [2.75, 3.05) is 62.2 Å². The second kappa shape index (κ2) is 7.88. The molecule has 118 valence electrons. The molecule has 2 heterocycles. The van der Waals surface area contributed by atoms with Crippen molar-refractivity contribution in [3.63, 3.8) is 0 Å². The van der Waals surface area contributed by atoms with Gasteiger partial charge in [-0.3, -0.25) is 5.43 Å². The first-order valence-corrected chi connectivity index (χ1v) is 6.69. The molecule has 21 heavy (non-hydrogen) atoms. The van der Waals surface area contributed by atoms with E-state index in [1.165, 1.54) is 7.11 Å². The van der Waals surface area contributed by atoms with Crippen LogP contribution in [-0.2, 0) is 9.47 Å². The third-order valence-electron chi connectivity index (χ3n) is 2.90. The van der Waals surface area contributed by atoms with Gasteiger partial charge in [0, 0.05) is 26.7 Å². The first-order valence-electron chi connectivity index (χ1n) is 6.69. The molecule has 0 bridgehead atoms. The topological polar surface area (TPSA) is 131 Å². The molecule has 2 rings (SSSR count). The van der Waals surface area contributed by atoms with E-state index in [1.54, 1.807) is 0 Å². The van der Waals surface area contributed by atoms with E-state index >= 15 is 0 Å². The van der Waals surface area contributed by atoms with Gasteiger partial charge in [-0.2, -0.15) is 15.0 Å². The number of ether oxygens (including phenoxy) is 2. The van der Waals surface area contributed by atoms with Crippen molar-refractivity contribution in [1.29, 1.82) is 0 Å². The van der Waals surface area contributed by atoms with Crippen molar-refractivity contribution < 1.29 is 14.6 Å². The highest BCUT2D eigenvalue weighted by molar-refractivity contribution is 5.43. The number of nitrogens with one attached hydrogen (secondary N) is 2. The van der Waals surface area contributed by atoms with Crippen LogP contribution in [0.1, 0.15) is 0 Å². The zero-order chi connectivity index (χ0) is 15.1. The summed E-state index contributed by atoms with van der Waals surface area (Å²) in [5, 5.41) is 12.6. The largest absolute Gasteiger partial charge is 0.389 e. The SMILES string of the molecule is COCC(O)CNc1nc(NN)nc(N2CCOCC2)n1. The third kappa shape index (κ3) is 4.63. The maximum atomic E-state index is 9.63. The maximum Gasteiger partial charge on any atom is 0.243 e. The number of nitrogens with two attached hydrogens (primary N) is 1. The lowest BCUT2D eigenvalue weighted by Crippen LogP contribution is -2.38. The molecule has 0 aromatic carbocycles. The van der Waals surface area contributed by atoms with Crippen molar-refractivity contribution in [2.45, 2.75) is 6.10 Å². The maximum absolute atomic E-state index is 9.63. The number of aliphatic hydroxyl groups is 1. The number of hydrogen-bond acceptors (Lipinski definition) is 10. The Labute approximate surface area is 122 Å². The molecule has 1 aliphatic rings. The number of rotatable bonds is 7. The van der Waals surface area contributed by atoms with Crippen molar-refractivity contribution in [1.82, 2.24) is 15.0 Å². The van der Waals surface area contributed by atoms with Crippen molar-refractivity contribution in [2.24, 2.45) is 5.84 Å². The molecule has 10 nitrogen and oxygen atoms in total. The average Bonchev–Trinajstić information content (AvgIpc) is 2.54. The lowest BCUT2D eigenvalue weighted by atomic mass is 10.4.